The van der Waals surface area contributed by atoms with E-state index in [-0.39, 0.29) is 11.8 Å². The lowest BCUT2D eigenvalue weighted by Gasteiger charge is -2.07. The van der Waals surface area contributed by atoms with Gasteiger partial charge in [0.15, 0.2) is 0 Å². The van der Waals surface area contributed by atoms with Crippen LogP contribution in [0.3, 0.4) is 0 Å². The Labute approximate surface area is 130 Å². The van der Waals surface area contributed by atoms with E-state index in [1.165, 1.54) is 5.56 Å². The Balaban J connectivity index is 2.10. The van der Waals surface area contributed by atoms with E-state index in [4.69, 9.17) is 11.6 Å². The van der Waals surface area contributed by atoms with Gasteiger partial charge in [-0.05, 0) is 48.6 Å². The van der Waals surface area contributed by atoms with Gasteiger partial charge >= 0.3 is 0 Å². The molecule has 2 N–H and O–H groups in total. The predicted molar refractivity (Wildman–Crippen MR) is 84.6 cm³/mol. The molecule has 0 saturated heterocycles. The van der Waals surface area contributed by atoms with Crippen LogP contribution < -0.4 is 5.32 Å². The largest absolute Gasteiger partial charge is 0.354 e. The van der Waals surface area contributed by atoms with Crippen molar-refractivity contribution in [3.05, 3.63) is 45.5 Å². The van der Waals surface area contributed by atoms with Gasteiger partial charge < -0.3 is 4.98 Å². The summed E-state index contributed by atoms with van der Waals surface area (Å²) in [5, 5.41) is 4.80. The van der Waals surface area contributed by atoms with E-state index in [1.54, 1.807) is 0 Å². The summed E-state index contributed by atoms with van der Waals surface area (Å²) in [5.74, 6) is -0.572. The summed E-state index contributed by atoms with van der Waals surface area (Å²) in [7, 11) is 0. The van der Waals surface area contributed by atoms with Crippen molar-refractivity contribution in [2.75, 3.05) is 0 Å². The number of aromatic amines is 1. The van der Waals surface area contributed by atoms with Crippen LogP contribution in [0.1, 0.15) is 38.3 Å². The fourth-order valence-electron chi connectivity index (χ4n) is 3.93. The molecule has 2 heterocycles. The van der Waals surface area contributed by atoms with Gasteiger partial charge in [0.25, 0.3) is 11.8 Å². The first kappa shape index (κ1) is 12.2. The van der Waals surface area contributed by atoms with Crippen LogP contribution >= 0.6 is 11.6 Å². The number of carbonyl (C=O) groups is 2. The fraction of sp³-hybridized carbons (Fsp3) is 0.176. The lowest BCUT2D eigenvalue weighted by Crippen LogP contribution is -2.20. The molecule has 0 spiro atoms. The number of nitrogens with one attached hydrogen (secondary N) is 2. The van der Waals surface area contributed by atoms with Crippen LogP contribution in [0.2, 0.25) is 5.02 Å². The first-order chi connectivity index (χ1) is 10.6. The SMILES string of the molecule is O=C1NC(=O)c2c1c1c(c3[nH]c4ccc(Cl)cc4c23)CCC1. The van der Waals surface area contributed by atoms with Crippen molar-refractivity contribution in [3.8, 4) is 0 Å². The Kier molecular flexibility index (Phi) is 2.17. The highest BCUT2D eigenvalue weighted by atomic mass is 35.5. The second kappa shape index (κ2) is 3.90. The maximum atomic E-state index is 12.3. The maximum Gasteiger partial charge on any atom is 0.259 e. The summed E-state index contributed by atoms with van der Waals surface area (Å²) >= 11 is 6.13. The van der Waals surface area contributed by atoms with Crippen LogP contribution in [-0.2, 0) is 12.8 Å². The summed E-state index contributed by atoms with van der Waals surface area (Å²) in [5.41, 5.74) is 5.21. The molecule has 0 atom stereocenters. The quantitative estimate of drug-likeness (QED) is 0.626. The number of imide groups is 1. The predicted octanol–water partition coefficient (Wildman–Crippen LogP) is 3.35. The zero-order valence-corrected chi connectivity index (χ0v) is 12.3. The zero-order chi connectivity index (χ0) is 15.0. The van der Waals surface area contributed by atoms with Crippen LogP contribution in [-0.4, -0.2) is 16.8 Å². The summed E-state index contributed by atoms with van der Waals surface area (Å²) in [6.07, 6.45) is 2.80. The van der Waals surface area contributed by atoms with Crippen molar-refractivity contribution >= 4 is 45.2 Å². The molecule has 3 aromatic rings. The molecule has 1 aromatic heterocycles. The van der Waals surface area contributed by atoms with Crippen LogP contribution in [0.15, 0.2) is 18.2 Å². The first-order valence-electron chi connectivity index (χ1n) is 7.29. The Morgan fingerprint density at radius 3 is 2.64 bits per heavy atom. The molecule has 0 bridgehead atoms. The molecule has 5 rings (SSSR count). The topological polar surface area (TPSA) is 62.0 Å². The van der Waals surface area contributed by atoms with E-state index in [0.29, 0.717) is 16.1 Å². The second-order valence-corrected chi connectivity index (χ2v) is 6.35. The van der Waals surface area contributed by atoms with Gasteiger partial charge in [0.05, 0.1) is 16.6 Å². The number of H-pyrrole nitrogens is 1. The average Bonchev–Trinajstić information content (AvgIpc) is 3.14. The minimum atomic E-state index is -0.305. The molecule has 0 saturated carbocycles. The average molecular weight is 311 g/mol. The molecular formula is C17H11ClN2O2. The number of rotatable bonds is 0. The monoisotopic (exact) mass is 310 g/mol. The van der Waals surface area contributed by atoms with Gasteiger partial charge in [-0.1, -0.05) is 11.6 Å². The van der Waals surface area contributed by atoms with Gasteiger partial charge in [-0.25, -0.2) is 0 Å². The molecule has 108 valence electrons. The highest BCUT2D eigenvalue weighted by Crippen LogP contribution is 2.41. The van der Waals surface area contributed by atoms with Crippen molar-refractivity contribution in [3.63, 3.8) is 0 Å². The zero-order valence-electron chi connectivity index (χ0n) is 11.5. The minimum absolute atomic E-state index is 0.267. The molecule has 0 unspecified atom stereocenters. The fourth-order valence-corrected chi connectivity index (χ4v) is 4.10. The number of aromatic nitrogens is 1. The molecule has 0 fully saturated rings. The van der Waals surface area contributed by atoms with E-state index in [1.807, 2.05) is 18.2 Å². The maximum absolute atomic E-state index is 12.3. The van der Waals surface area contributed by atoms with Crippen LogP contribution in [0, 0.1) is 0 Å². The van der Waals surface area contributed by atoms with E-state index in [2.05, 4.69) is 10.3 Å². The third-order valence-electron chi connectivity index (χ3n) is 4.76. The second-order valence-electron chi connectivity index (χ2n) is 5.91. The number of hydrogen-bond acceptors (Lipinski definition) is 2. The van der Waals surface area contributed by atoms with Crippen LogP contribution in [0.4, 0.5) is 0 Å². The molecule has 1 aliphatic heterocycles. The van der Waals surface area contributed by atoms with Crippen molar-refractivity contribution in [1.29, 1.82) is 0 Å². The highest BCUT2D eigenvalue weighted by molar-refractivity contribution is 6.34. The number of carbonyl (C=O) groups excluding carboxylic acids is 2. The van der Waals surface area contributed by atoms with E-state index >= 15 is 0 Å². The molecule has 0 radical (unpaired) electrons. The normalized spacial score (nSPS) is 16.4. The molecule has 5 heteroatoms. The van der Waals surface area contributed by atoms with Gasteiger partial charge in [-0.15, -0.1) is 0 Å². The molecular weight excluding hydrogens is 300 g/mol. The number of halogens is 1. The molecule has 2 aromatic carbocycles. The Morgan fingerprint density at radius 1 is 1.00 bits per heavy atom. The highest BCUT2D eigenvalue weighted by Gasteiger charge is 2.36. The third-order valence-corrected chi connectivity index (χ3v) is 5.00. The summed E-state index contributed by atoms with van der Waals surface area (Å²) in [6, 6.07) is 5.60. The number of aryl methyl sites for hydroxylation is 1. The van der Waals surface area contributed by atoms with Crippen LogP contribution in [0.5, 0.6) is 0 Å². The molecule has 1 aliphatic carbocycles. The number of benzene rings is 2. The van der Waals surface area contributed by atoms with Gasteiger partial charge in [-0.2, -0.15) is 0 Å². The molecule has 4 nitrogen and oxygen atoms in total. The number of hydrogen-bond donors (Lipinski definition) is 2. The molecule has 2 aliphatic rings. The van der Waals surface area contributed by atoms with E-state index in [9.17, 15) is 9.59 Å². The summed E-state index contributed by atoms with van der Waals surface area (Å²) in [4.78, 5) is 28.0. The lowest BCUT2D eigenvalue weighted by molar-refractivity contribution is 0.0880. The van der Waals surface area contributed by atoms with E-state index in [0.717, 1.165) is 46.6 Å². The Morgan fingerprint density at radius 2 is 1.77 bits per heavy atom. The number of amides is 2. The van der Waals surface area contributed by atoms with Gasteiger partial charge in [0.1, 0.15) is 0 Å². The Bertz CT molecular complexity index is 1030. The van der Waals surface area contributed by atoms with Crippen molar-refractivity contribution < 1.29 is 9.59 Å². The standard InChI is InChI=1S/C17H11ClN2O2/c18-7-4-5-11-10(6-7)12-14-13(16(21)20-17(14)22)8-2-1-3-9(8)15(12)19-11/h4-6,19H,1-3H2,(H,20,21,22). The number of fused-ring (bicyclic) bond motifs is 8. The first-order valence-corrected chi connectivity index (χ1v) is 7.67. The third kappa shape index (κ3) is 1.33. The minimum Gasteiger partial charge on any atom is -0.354 e. The molecule has 2 amide bonds. The smallest absolute Gasteiger partial charge is 0.259 e. The Hall–Kier alpha value is -2.33. The van der Waals surface area contributed by atoms with Crippen molar-refractivity contribution in [2.45, 2.75) is 19.3 Å². The van der Waals surface area contributed by atoms with Gasteiger partial charge in [-0.3, -0.25) is 14.9 Å². The van der Waals surface area contributed by atoms with Gasteiger partial charge in [0.2, 0.25) is 0 Å². The van der Waals surface area contributed by atoms with Crippen molar-refractivity contribution in [2.24, 2.45) is 0 Å². The van der Waals surface area contributed by atoms with Gasteiger partial charge in [0, 0.05) is 21.3 Å². The summed E-state index contributed by atoms with van der Waals surface area (Å²) < 4.78 is 0. The van der Waals surface area contributed by atoms with E-state index < -0.39 is 0 Å². The van der Waals surface area contributed by atoms with Crippen molar-refractivity contribution in [1.82, 2.24) is 10.3 Å². The molecule has 22 heavy (non-hydrogen) atoms. The van der Waals surface area contributed by atoms with Crippen LogP contribution in [0.25, 0.3) is 21.8 Å². The lowest BCUT2D eigenvalue weighted by atomic mass is 9.94. The summed E-state index contributed by atoms with van der Waals surface area (Å²) in [6.45, 7) is 0.